The lowest BCUT2D eigenvalue weighted by Gasteiger charge is -2.39. The molecule has 2 unspecified atom stereocenters. The molecule has 2 atom stereocenters. The van der Waals surface area contributed by atoms with E-state index in [1.54, 1.807) is 0 Å². The van der Waals surface area contributed by atoms with Gasteiger partial charge in [0, 0.05) is 6.04 Å². The van der Waals surface area contributed by atoms with E-state index in [9.17, 15) is 4.79 Å². The summed E-state index contributed by atoms with van der Waals surface area (Å²) in [6.07, 6.45) is 7.35. The van der Waals surface area contributed by atoms with Gasteiger partial charge in [0.1, 0.15) is 6.04 Å². The van der Waals surface area contributed by atoms with E-state index < -0.39 is 0 Å². The monoisotopic (exact) mass is 225 g/mol. The highest BCUT2D eigenvalue weighted by molar-refractivity contribution is 5.76. The Hall–Kier alpha value is -0.570. The number of esters is 1. The summed E-state index contributed by atoms with van der Waals surface area (Å²) in [7, 11) is 1.52. The van der Waals surface area contributed by atoms with Crippen LogP contribution in [0.2, 0.25) is 0 Å². The van der Waals surface area contributed by atoms with Crippen LogP contribution in [0.15, 0.2) is 0 Å². The van der Waals surface area contributed by atoms with E-state index in [2.05, 4.69) is 11.8 Å². The number of likely N-dealkylation sites (tertiary alicyclic amines) is 1. The standard InChI is InChI=1S/C13H23NO2/c1-3-11-6-4-5-9-14(11)12(10-7-8-10)13(15)16-2/h10-12H,3-9H2,1-2H3. The van der Waals surface area contributed by atoms with Crippen molar-refractivity contribution in [1.82, 2.24) is 4.90 Å². The van der Waals surface area contributed by atoms with Gasteiger partial charge >= 0.3 is 5.97 Å². The molecule has 0 spiro atoms. The van der Waals surface area contributed by atoms with Gasteiger partial charge in [0.25, 0.3) is 0 Å². The van der Waals surface area contributed by atoms with E-state index >= 15 is 0 Å². The normalized spacial score (nSPS) is 28.8. The molecule has 0 aromatic heterocycles. The predicted molar refractivity (Wildman–Crippen MR) is 63.2 cm³/mol. The minimum absolute atomic E-state index is 0.0112. The molecule has 3 nitrogen and oxygen atoms in total. The molecule has 1 heterocycles. The van der Waals surface area contributed by atoms with Crippen molar-refractivity contribution in [2.24, 2.45) is 5.92 Å². The first-order valence-corrected chi connectivity index (χ1v) is 6.61. The molecule has 1 aliphatic carbocycles. The van der Waals surface area contributed by atoms with E-state index in [1.165, 1.54) is 39.2 Å². The molecule has 0 N–H and O–H groups in total. The number of ether oxygens (including phenoxy) is 1. The van der Waals surface area contributed by atoms with Crippen LogP contribution in [0.25, 0.3) is 0 Å². The molecule has 2 fully saturated rings. The second-order valence-corrected chi connectivity index (χ2v) is 5.10. The molecule has 3 heteroatoms. The molecule has 92 valence electrons. The van der Waals surface area contributed by atoms with Crippen LogP contribution >= 0.6 is 0 Å². The van der Waals surface area contributed by atoms with Crippen molar-refractivity contribution in [1.29, 1.82) is 0 Å². The van der Waals surface area contributed by atoms with Gasteiger partial charge < -0.3 is 4.74 Å². The quantitative estimate of drug-likeness (QED) is 0.687. The van der Waals surface area contributed by atoms with Crippen LogP contribution in [0.5, 0.6) is 0 Å². The molecular formula is C13H23NO2. The fourth-order valence-corrected chi connectivity index (χ4v) is 2.96. The van der Waals surface area contributed by atoms with Gasteiger partial charge in [-0.1, -0.05) is 13.3 Å². The minimum atomic E-state index is -0.0112. The molecule has 2 rings (SSSR count). The average Bonchev–Trinajstić information content (AvgIpc) is 3.14. The van der Waals surface area contributed by atoms with Crippen molar-refractivity contribution in [3.8, 4) is 0 Å². The molecule has 0 aromatic rings. The summed E-state index contributed by atoms with van der Waals surface area (Å²) < 4.78 is 4.98. The molecule has 16 heavy (non-hydrogen) atoms. The molecule has 1 saturated heterocycles. The third-order valence-corrected chi connectivity index (χ3v) is 4.01. The van der Waals surface area contributed by atoms with E-state index in [4.69, 9.17) is 4.74 Å². The van der Waals surface area contributed by atoms with Gasteiger partial charge in [-0.25, -0.2) is 0 Å². The highest BCUT2D eigenvalue weighted by atomic mass is 16.5. The molecular weight excluding hydrogens is 202 g/mol. The van der Waals surface area contributed by atoms with Crippen molar-refractivity contribution in [3.63, 3.8) is 0 Å². The molecule has 1 saturated carbocycles. The van der Waals surface area contributed by atoms with Gasteiger partial charge in [0.2, 0.25) is 0 Å². The van der Waals surface area contributed by atoms with Crippen LogP contribution < -0.4 is 0 Å². The zero-order chi connectivity index (χ0) is 11.5. The maximum absolute atomic E-state index is 11.9. The van der Waals surface area contributed by atoms with Crippen LogP contribution in [0.1, 0.15) is 45.4 Å². The lowest BCUT2D eigenvalue weighted by molar-refractivity contribution is -0.149. The smallest absolute Gasteiger partial charge is 0.323 e. The molecule has 0 aromatic carbocycles. The van der Waals surface area contributed by atoms with E-state index in [0.29, 0.717) is 12.0 Å². The Bertz CT molecular complexity index is 250. The van der Waals surface area contributed by atoms with Crippen LogP contribution in [0, 0.1) is 5.92 Å². The first-order valence-electron chi connectivity index (χ1n) is 6.61. The zero-order valence-corrected chi connectivity index (χ0v) is 10.4. The third kappa shape index (κ3) is 2.40. The summed E-state index contributed by atoms with van der Waals surface area (Å²) in [5, 5.41) is 0. The Labute approximate surface area is 98.1 Å². The molecule has 0 radical (unpaired) electrons. The highest BCUT2D eigenvalue weighted by Gasteiger charge is 2.43. The van der Waals surface area contributed by atoms with Crippen molar-refractivity contribution >= 4 is 5.97 Å². The lowest BCUT2D eigenvalue weighted by Crippen LogP contribution is -2.51. The van der Waals surface area contributed by atoms with Gasteiger partial charge in [-0.2, -0.15) is 0 Å². The van der Waals surface area contributed by atoms with Gasteiger partial charge in [0.05, 0.1) is 7.11 Å². The number of hydrogen-bond donors (Lipinski definition) is 0. The van der Waals surface area contributed by atoms with Gasteiger partial charge in [-0.05, 0) is 44.6 Å². The van der Waals surface area contributed by atoms with Crippen molar-refractivity contribution < 1.29 is 9.53 Å². The first-order chi connectivity index (χ1) is 7.77. The SMILES string of the molecule is CCC1CCCCN1C(C(=O)OC)C1CC1. The minimum Gasteiger partial charge on any atom is -0.468 e. The summed E-state index contributed by atoms with van der Waals surface area (Å²) in [5.74, 6) is 0.558. The predicted octanol–water partition coefficient (Wildman–Crippen LogP) is 2.20. The molecule has 0 bridgehead atoms. The first kappa shape index (κ1) is 11.9. The van der Waals surface area contributed by atoms with Crippen LogP contribution in [-0.2, 0) is 9.53 Å². The Kier molecular flexibility index (Phi) is 3.85. The van der Waals surface area contributed by atoms with Crippen molar-refractivity contribution in [2.75, 3.05) is 13.7 Å². The Morgan fingerprint density at radius 1 is 1.38 bits per heavy atom. The lowest BCUT2D eigenvalue weighted by atomic mass is 9.96. The van der Waals surface area contributed by atoms with Crippen LogP contribution in [0.4, 0.5) is 0 Å². The molecule has 1 aliphatic heterocycles. The van der Waals surface area contributed by atoms with Crippen LogP contribution in [0.3, 0.4) is 0 Å². The van der Waals surface area contributed by atoms with Gasteiger partial charge in [0.15, 0.2) is 0 Å². The number of nitrogens with zero attached hydrogens (tertiary/aromatic N) is 1. The Morgan fingerprint density at radius 3 is 2.69 bits per heavy atom. The fraction of sp³-hybridized carbons (Fsp3) is 0.923. The fourth-order valence-electron chi connectivity index (χ4n) is 2.96. The van der Waals surface area contributed by atoms with Gasteiger partial charge in [-0.15, -0.1) is 0 Å². The van der Waals surface area contributed by atoms with E-state index in [0.717, 1.165) is 13.0 Å². The number of piperidine rings is 1. The summed E-state index contributed by atoms with van der Waals surface area (Å²) in [6, 6.07) is 0.647. The highest BCUT2D eigenvalue weighted by Crippen LogP contribution is 2.38. The van der Waals surface area contributed by atoms with Crippen molar-refractivity contribution in [2.45, 2.75) is 57.5 Å². The van der Waals surface area contributed by atoms with E-state index in [-0.39, 0.29) is 12.0 Å². The largest absolute Gasteiger partial charge is 0.468 e. The summed E-state index contributed by atoms with van der Waals surface area (Å²) in [6.45, 7) is 3.30. The number of hydrogen-bond acceptors (Lipinski definition) is 3. The van der Waals surface area contributed by atoms with E-state index in [1.807, 2.05) is 0 Å². The average molecular weight is 225 g/mol. The maximum atomic E-state index is 11.9. The number of rotatable bonds is 4. The summed E-state index contributed by atoms with van der Waals surface area (Å²) >= 11 is 0. The maximum Gasteiger partial charge on any atom is 0.323 e. The van der Waals surface area contributed by atoms with Crippen LogP contribution in [-0.4, -0.2) is 36.6 Å². The number of carbonyl (C=O) groups is 1. The Balaban J connectivity index is 2.07. The molecule has 0 amide bonds. The summed E-state index contributed by atoms with van der Waals surface area (Å²) in [4.78, 5) is 14.3. The van der Waals surface area contributed by atoms with Gasteiger partial charge in [-0.3, -0.25) is 9.69 Å². The second-order valence-electron chi connectivity index (χ2n) is 5.10. The Morgan fingerprint density at radius 2 is 2.12 bits per heavy atom. The third-order valence-electron chi connectivity index (χ3n) is 4.01. The molecule has 2 aliphatic rings. The number of methoxy groups -OCH3 is 1. The number of carbonyl (C=O) groups excluding carboxylic acids is 1. The van der Waals surface area contributed by atoms with Crippen molar-refractivity contribution in [3.05, 3.63) is 0 Å². The zero-order valence-electron chi connectivity index (χ0n) is 10.4. The second kappa shape index (κ2) is 5.17. The topological polar surface area (TPSA) is 29.5 Å². The summed E-state index contributed by atoms with van der Waals surface area (Å²) in [5.41, 5.74) is 0.